The molecule has 1 unspecified atom stereocenters. The molecule has 2 rings (SSSR count). The zero-order valence-corrected chi connectivity index (χ0v) is 11.8. The largest absolute Gasteiger partial charge is 0.494 e. The van der Waals surface area contributed by atoms with Crippen LogP contribution in [-0.4, -0.2) is 24.4 Å². The minimum absolute atomic E-state index is 0.0447. The Bertz CT molecular complexity index is 358. The summed E-state index contributed by atoms with van der Waals surface area (Å²) in [7, 11) is 0. The van der Waals surface area contributed by atoms with Crippen molar-refractivity contribution >= 4 is 0 Å². The van der Waals surface area contributed by atoms with Gasteiger partial charge in [0.2, 0.25) is 0 Å². The van der Waals surface area contributed by atoms with E-state index in [9.17, 15) is 5.11 Å². The van der Waals surface area contributed by atoms with Gasteiger partial charge < -0.3 is 15.2 Å². The maximum Gasteiger partial charge on any atom is 0.119 e. The molecule has 1 aromatic rings. The predicted molar refractivity (Wildman–Crippen MR) is 77.4 cm³/mol. The Labute approximate surface area is 116 Å². The fraction of sp³-hybridized carbons (Fsp3) is 0.625. The van der Waals surface area contributed by atoms with Crippen molar-refractivity contribution in [2.24, 2.45) is 0 Å². The first-order valence-electron chi connectivity index (χ1n) is 7.43. The maximum absolute atomic E-state index is 9.56. The second kappa shape index (κ2) is 7.51. The van der Waals surface area contributed by atoms with E-state index in [1.165, 1.54) is 25.7 Å². The van der Waals surface area contributed by atoms with Crippen LogP contribution in [-0.2, 0) is 0 Å². The second-order valence-corrected chi connectivity index (χ2v) is 5.30. The Hall–Kier alpha value is -1.06. The van der Waals surface area contributed by atoms with E-state index in [1.54, 1.807) is 0 Å². The van der Waals surface area contributed by atoms with Gasteiger partial charge in [0.15, 0.2) is 0 Å². The van der Waals surface area contributed by atoms with Gasteiger partial charge in [-0.25, -0.2) is 0 Å². The van der Waals surface area contributed by atoms with Crippen molar-refractivity contribution < 1.29 is 9.84 Å². The summed E-state index contributed by atoms with van der Waals surface area (Å²) in [5, 5.41) is 13.1. The number of hydrogen-bond donors (Lipinski definition) is 2. The van der Waals surface area contributed by atoms with E-state index in [-0.39, 0.29) is 12.6 Å². The lowest BCUT2D eigenvalue weighted by Gasteiger charge is -2.21. The van der Waals surface area contributed by atoms with E-state index in [2.05, 4.69) is 12.2 Å². The van der Waals surface area contributed by atoms with Crippen LogP contribution in [0.2, 0.25) is 0 Å². The zero-order chi connectivity index (χ0) is 13.5. The highest BCUT2D eigenvalue weighted by atomic mass is 16.5. The first-order chi connectivity index (χ1) is 9.33. The van der Waals surface area contributed by atoms with Crippen LogP contribution in [0.15, 0.2) is 24.3 Å². The summed E-state index contributed by atoms with van der Waals surface area (Å²) in [6.07, 6.45) is 6.09. The average Bonchev–Trinajstić information content (AvgIpc) is 2.96. The van der Waals surface area contributed by atoms with E-state index in [1.807, 2.05) is 24.3 Å². The lowest BCUT2D eigenvalue weighted by Crippen LogP contribution is -2.32. The van der Waals surface area contributed by atoms with Crippen molar-refractivity contribution in [2.75, 3.05) is 13.2 Å². The van der Waals surface area contributed by atoms with Gasteiger partial charge in [0.1, 0.15) is 5.75 Å². The summed E-state index contributed by atoms with van der Waals surface area (Å²) in [6.45, 7) is 3.00. The van der Waals surface area contributed by atoms with E-state index < -0.39 is 0 Å². The SMILES string of the molecule is CCCOc1ccc(C(CO)NC2CCCC2)cc1. The molecule has 0 aromatic heterocycles. The molecule has 19 heavy (non-hydrogen) atoms. The van der Waals surface area contributed by atoms with E-state index in [4.69, 9.17) is 4.74 Å². The number of aliphatic hydroxyl groups excluding tert-OH is 1. The van der Waals surface area contributed by atoms with Crippen LogP contribution in [0.5, 0.6) is 5.75 Å². The first-order valence-corrected chi connectivity index (χ1v) is 7.43. The monoisotopic (exact) mass is 263 g/mol. The topological polar surface area (TPSA) is 41.5 Å². The Kier molecular flexibility index (Phi) is 5.67. The molecule has 0 radical (unpaired) electrons. The summed E-state index contributed by atoms with van der Waals surface area (Å²) < 4.78 is 5.57. The van der Waals surface area contributed by atoms with Gasteiger partial charge in [-0.15, -0.1) is 0 Å². The standard InChI is InChI=1S/C16H25NO2/c1-2-11-19-15-9-7-13(8-10-15)16(12-18)17-14-5-3-4-6-14/h7-10,14,16-18H,2-6,11-12H2,1H3. The van der Waals surface area contributed by atoms with Crippen LogP contribution in [0, 0.1) is 0 Å². The number of aliphatic hydroxyl groups is 1. The van der Waals surface area contributed by atoms with Gasteiger partial charge in [-0.1, -0.05) is 31.9 Å². The highest BCUT2D eigenvalue weighted by molar-refractivity contribution is 5.29. The Morgan fingerprint density at radius 1 is 1.26 bits per heavy atom. The van der Waals surface area contributed by atoms with Gasteiger partial charge in [-0.2, -0.15) is 0 Å². The highest BCUT2D eigenvalue weighted by Crippen LogP contribution is 2.23. The molecule has 0 saturated heterocycles. The number of benzene rings is 1. The van der Waals surface area contributed by atoms with Crippen molar-refractivity contribution in [1.82, 2.24) is 5.32 Å². The molecule has 0 bridgehead atoms. The molecule has 1 fully saturated rings. The molecule has 1 aliphatic carbocycles. The molecule has 1 aromatic carbocycles. The minimum Gasteiger partial charge on any atom is -0.494 e. The van der Waals surface area contributed by atoms with Crippen molar-refractivity contribution in [1.29, 1.82) is 0 Å². The fourth-order valence-electron chi connectivity index (χ4n) is 2.65. The number of ether oxygens (including phenoxy) is 1. The fourth-order valence-corrected chi connectivity index (χ4v) is 2.65. The first kappa shape index (κ1) is 14.4. The lowest BCUT2D eigenvalue weighted by atomic mass is 10.1. The molecule has 0 heterocycles. The zero-order valence-electron chi connectivity index (χ0n) is 11.8. The van der Waals surface area contributed by atoms with E-state index in [0.717, 1.165) is 24.3 Å². The number of hydrogen-bond acceptors (Lipinski definition) is 3. The third-order valence-corrected chi connectivity index (χ3v) is 3.73. The molecule has 0 amide bonds. The van der Waals surface area contributed by atoms with Crippen LogP contribution >= 0.6 is 0 Å². The normalized spacial score (nSPS) is 17.6. The minimum atomic E-state index is 0.0447. The molecule has 2 N–H and O–H groups in total. The van der Waals surface area contributed by atoms with Crippen LogP contribution in [0.3, 0.4) is 0 Å². The van der Waals surface area contributed by atoms with Crippen LogP contribution in [0.25, 0.3) is 0 Å². The molecule has 3 heteroatoms. The van der Waals surface area contributed by atoms with Crippen molar-refractivity contribution in [2.45, 2.75) is 51.1 Å². The van der Waals surface area contributed by atoms with Crippen molar-refractivity contribution in [3.05, 3.63) is 29.8 Å². The molecule has 3 nitrogen and oxygen atoms in total. The number of nitrogens with one attached hydrogen (secondary N) is 1. The predicted octanol–water partition coefficient (Wildman–Crippen LogP) is 3.04. The highest BCUT2D eigenvalue weighted by Gasteiger charge is 2.19. The van der Waals surface area contributed by atoms with E-state index >= 15 is 0 Å². The van der Waals surface area contributed by atoms with Gasteiger partial charge in [0.05, 0.1) is 19.3 Å². The molecule has 0 spiro atoms. The Morgan fingerprint density at radius 2 is 1.95 bits per heavy atom. The third-order valence-electron chi connectivity index (χ3n) is 3.73. The molecule has 0 aliphatic heterocycles. The van der Waals surface area contributed by atoms with Crippen molar-refractivity contribution in [3.8, 4) is 5.75 Å². The molecule has 1 atom stereocenters. The molecule has 1 aliphatic rings. The summed E-state index contributed by atoms with van der Waals surface area (Å²) >= 11 is 0. The van der Waals surface area contributed by atoms with Crippen LogP contribution in [0.1, 0.15) is 50.6 Å². The Balaban J connectivity index is 1.93. The molecule has 106 valence electrons. The quantitative estimate of drug-likeness (QED) is 0.794. The van der Waals surface area contributed by atoms with Gasteiger partial charge in [-0.3, -0.25) is 0 Å². The lowest BCUT2D eigenvalue weighted by molar-refractivity contribution is 0.233. The molecule has 1 saturated carbocycles. The van der Waals surface area contributed by atoms with Crippen molar-refractivity contribution in [3.63, 3.8) is 0 Å². The second-order valence-electron chi connectivity index (χ2n) is 5.30. The average molecular weight is 263 g/mol. The number of rotatable bonds is 7. The van der Waals surface area contributed by atoms with Crippen LogP contribution in [0.4, 0.5) is 0 Å². The summed E-state index contributed by atoms with van der Waals surface area (Å²) in [4.78, 5) is 0. The van der Waals surface area contributed by atoms with Gasteiger partial charge >= 0.3 is 0 Å². The van der Waals surface area contributed by atoms with Gasteiger partial charge in [0, 0.05) is 6.04 Å². The third kappa shape index (κ3) is 4.22. The smallest absolute Gasteiger partial charge is 0.119 e. The molecular weight excluding hydrogens is 238 g/mol. The molecular formula is C16H25NO2. The maximum atomic E-state index is 9.56. The van der Waals surface area contributed by atoms with Crippen LogP contribution < -0.4 is 10.1 Å². The summed E-state index contributed by atoms with van der Waals surface area (Å²) in [5.74, 6) is 0.906. The van der Waals surface area contributed by atoms with E-state index in [0.29, 0.717) is 6.04 Å². The Morgan fingerprint density at radius 3 is 2.53 bits per heavy atom. The van der Waals surface area contributed by atoms with Gasteiger partial charge in [-0.05, 0) is 37.0 Å². The van der Waals surface area contributed by atoms with Gasteiger partial charge in [0.25, 0.3) is 0 Å². The summed E-state index contributed by atoms with van der Waals surface area (Å²) in [5.41, 5.74) is 1.14. The summed E-state index contributed by atoms with van der Waals surface area (Å²) in [6, 6.07) is 8.69.